The Morgan fingerprint density at radius 2 is 1.75 bits per heavy atom. The first-order valence-electron chi connectivity index (χ1n) is 13.6. The normalized spacial score (nSPS) is 14.4. The van der Waals surface area contributed by atoms with E-state index < -0.39 is 12.0 Å². The highest BCUT2D eigenvalue weighted by Crippen LogP contribution is 2.36. The Morgan fingerprint density at radius 3 is 2.45 bits per heavy atom. The third-order valence-corrected chi connectivity index (χ3v) is 8.92. The minimum absolute atomic E-state index is 0.218. The standard InChI is InChI=1S/C32H27Br2ClN2O6S/c1-4-41-25-11-8-19(13-26(25)42-5-2)28-23(31(39)40-3)16-36-32-37(28)30(38)27(44-32)14-20-12-21(33)15-24(34)29(20)43-17-18-6-9-22(35)10-7-18/h6-16,28H,4-5,17H2,1-3H3/b27-14+/t28-/m0/s1. The topological polar surface area (TPSA) is 88.4 Å². The lowest BCUT2D eigenvalue weighted by Gasteiger charge is -2.23. The van der Waals surface area contributed by atoms with Crippen molar-refractivity contribution in [1.29, 1.82) is 0 Å². The molecule has 1 aromatic heterocycles. The second-order valence-corrected chi connectivity index (χ2v) is 12.7. The smallest absolute Gasteiger partial charge is 0.337 e. The highest BCUT2D eigenvalue weighted by Gasteiger charge is 2.31. The summed E-state index contributed by atoms with van der Waals surface area (Å²) in [5.74, 6) is 1.06. The van der Waals surface area contributed by atoms with Gasteiger partial charge in [-0.3, -0.25) is 9.36 Å². The number of aromatic nitrogens is 1. The van der Waals surface area contributed by atoms with E-state index in [-0.39, 0.29) is 11.1 Å². The Hall–Kier alpha value is -3.38. The summed E-state index contributed by atoms with van der Waals surface area (Å²) in [5, 5.41) is 0.641. The molecular formula is C32H27Br2ClN2O6S. The molecule has 1 atom stereocenters. The molecule has 228 valence electrons. The van der Waals surface area contributed by atoms with Crippen LogP contribution in [0.15, 0.2) is 85.1 Å². The van der Waals surface area contributed by atoms with E-state index in [1.54, 1.807) is 30.3 Å². The average molecular weight is 763 g/mol. The molecule has 1 aliphatic rings. The van der Waals surface area contributed by atoms with Crippen LogP contribution in [0.5, 0.6) is 17.2 Å². The number of esters is 1. The van der Waals surface area contributed by atoms with Crippen LogP contribution < -0.4 is 29.1 Å². The molecule has 0 bridgehead atoms. The number of hydrogen-bond donors (Lipinski definition) is 0. The lowest BCUT2D eigenvalue weighted by Crippen LogP contribution is -2.39. The van der Waals surface area contributed by atoms with Gasteiger partial charge in [0, 0.05) is 21.3 Å². The number of hydrogen-bond acceptors (Lipinski definition) is 8. The minimum Gasteiger partial charge on any atom is -0.490 e. The Bertz CT molecular complexity index is 1920. The van der Waals surface area contributed by atoms with Crippen molar-refractivity contribution in [2.45, 2.75) is 26.5 Å². The molecular weight excluding hydrogens is 736 g/mol. The highest BCUT2D eigenvalue weighted by atomic mass is 79.9. The van der Waals surface area contributed by atoms with Crippen LogP contribution in [0.4, 0.5) is 0 Å². The van der Waals surface area contributed by atoms with Crippen LogP contribution in [0.3, 0.4) is 0 Å². The lowest BCUT2D eigenvalue weighted by molar-refractivity contribution is -0.136. The van der Waals surface area contributed by atoms with Crippen molar-refractivity contribution >= 4 is 66.8 Å². The number of nitrogens with zero attached hydrogens (tertiary/aromatic N) is 2. The van der Waals surface area contributed by atoms with Crippen molar-refractivity contribution < 1.29 is 23.7 Å². The van der Waals surface area contributed by atoms with Crippen LogP contribution >= 0.6 is 54.8 Å². The maximum absolute atomic E-state index is 14.1. The maximum atomic E-state index is 14.1. The predicted molar refractivity (Wildman–Crippen MR) is 178 cm³/mol. The minimum atomic E-state index is -0.800. The van der Waals surface area contributed by atoms with Crippen molar-refractivity contribution in [2.75, 3.05) is 20.3 Å². The summed E-state index contributed by atoms with van der Waals surface area (Å²) in [6.07, 6.45) is 3.22. The van der Waals surface area contributed by atoms with Gasteiger partial charge in [-0.1, -0.05) is 57.1 Å². The number of thiazole rings is 1. The molecule has 0 saturated heterocycles. The van der Waals surface area contributed by atoms with Crippen LogP contribution in [0.2, 0.25) is 5.02 Å². The van der Waals surface area contributed by atoms with Gasteiger partial charge in [0.2, 0.25) is 0 Å². The molecule has 0 fully saturated rings. The fourth-order valence-electron chi connectivity index (χ4n) is 4.70. The fourth-order valence-corrected chi connectivity index (χ4v) is 7.16. The Morgan fingerprint density at radius 1 is 1.02 bits per heavy atom. The SMILES string of the molecule is CCOc1ccc([C@H]2C(C(=O)OC)=CN=c3s/c(=C/c4cc(Br)cc(Br)c4OCc4ccc(Cl)cc4)c(=O)n32)cc1OCC. The summed E-state index contributed by atoms with van der Waals surface area (Å²) in [7, 11) is 1.30. The molecule has 4 aromatic rings. The van der Waals surface area contributed by atoms with E-state index in [0.717, 1.165) is 10.0 Å². The van der Waals surface area contributed by atoms with E-state index in [1.807, 2.05) is 44.2 Å². The molecule has 0 radical (unpaired) electrons. The first kappa shape index (κ1) is 32.0. The summed E-state index contributed by atoms with van der Waals surface area (Å²) >= 11 is 14.4. The number of rotatable bonds is 10. The molecule has 0 spiro atoms. The number of methoxy groups -OCH3 is 1. The van der Waals surface area contributed by atoms with E-state index >= 15 is 0 Å². The van der Waals surface area contributed by atoms with Crippen LogP contribution in [0.25, 0.3) is 6.08 Å². The molecule has 0 unspecified atom stereocenters. The van der Waals surface area contributed by atoms with E-state index in [0.29, 0.717) is 67.0 Å². The van der Waals surface area contributed by atoms with Crippen molar-refractivity contribution in [1.82, 2.24) is 4.57 Å². The molecule has 2 heterocycles. The van der Waals surface area contributed by atoms with Gasteiger partial charge < -0.3 is 18.9 Å². The molecule has 12 heteroatoms. The van der Waals surface area contributed by atoms with Crippen LogP contribution in [0, 0.1) is 0 Å². The summed E-state index contributed by atoms with van der Waals surface area (Å²) in [4.78, 5) is 31.9. The zero-order valence-corrected chi connectivity index (χ0v) is 28.7. The first-order valence-corrected chi connectivity index (χ1v) is 16.4. The second kappa shape index (κ2) is 14.2. The van der Waals surface area contributed by atoms with Crippen molar-refractivity contribution in [3.05, 3.63) is 117 Å². The third-order valence-electron chi connectivity index (χ3n) is 6.63. The van der Waals surface area contributed by atoms with Gasteiger partial charge in [0.25, 0.3) is 5.56 Å². The second-order valence-electron chi connectivity index (χ2n) is 9.47. The van der Waals surface area contributed by atoms with Gasteiger partial charge in [-0.2, -0.15) is 0 Å². The molecule has 8 nitrogen and oxygen atoms in total. The summed E-state index contributed by atoms with van der Waals surface area (Å²) in [6.45, 7) is 4.93. The van der Waals surface area contributed by atoms with Gasteiger partial charge in [0.1, 0.15) is 12.4 Å². The summed E-state index contributed by atoms with van der Waals surface area (Å²) in [5.41, 5.74) is 2.16. The Balaban J connectivity index is 1.62. The number of carbonyl (C=O) groups is 1. The largest absolute Gasteiger partial charge is 0.490 e. The zero-order chi connectivity index (χ0) is 31.4. The summed E-state index contributed by atoms with van der Waals surface area (Å²) in [6, 6.07) is 15.7. The van der Waals surface area contributed by atoms with Crippen LogP contribution in [-0.2, 0) is 16.1 Å². The average Bonchev–Trinajstić information content (AvgIpc) is 3.32. The number of carbonyl (C=O) groups excluding carboxylic acids is 1. The quantitative estimate of drug-likeness (QED) is 0.170. The first-order chi connectivity index (χ1) is 21.2. The van der Waals surface area contributed by atoms with Crippen LogP contribution in [-0.4, -0.2) is 30.9 Å². The van der Waals surface area contributed by atoms with Gasteiger partial charge in [-0.05, 0) is 83.4 Å². The molecule has 3 aromatic carbocycles. The molecule has 5 rings (SSSR count). The molecule has 1 aliphatic heterocycles. The third kappa shape index (κ3) is 6.81. The zero-order valence-electron chi connectivity index (χ0n) is 23.9. The van der Waals surface area contributed by atoms with Gasteiger partial charge in [-0.15, -0.1) is 0 Å². The van der Waals surface area contributed by atoms with E-state index in [2.05, 4.69) is 36.9 Å². The highest BCUT2D eigenvalue weighted by molar-refractivity contribution is 9.11. The van der Waals surface area contributed by atoms with Crippen molar-refractivity contribution in [3.8, 4) is 17.2 Å². The number of benzene rings is 3. The summed E-state index contributed by atoms with van der Waals surface area (Å²) < 4.78 is 26.3. The van der Waals surface area contributed by atoms with E-state index in [4.69, 9.17) is 30.5 Å². The molecule has 0 N–H and O–H groups in total. The van der Waals surface area contributed by atoms with Crippen molar-refractivity contribution in [2.24, 2.45) is 4.99 Å². The monoisotopic (exact) mass is 760 g/mol. The number of fused-ring (bicyclic) bond motifs is 1. The van der Waals surface area contributed by atoms with Gasteiger partial charge in [0.05, 0.1) is 40.9 Å². The van der Waals surface area contributed by atoms with Gasteiger partial charge in [-0.25, -0.2) is 9.79 Å². The molecule has 0 amide bonds. The number of halogens is 3. The van der Waals surface area contributed by atoms with E-state index in [9.17, 15) is 9.59 Å². The maximum Gasteiger partial charge on any atom is 0.337 e. The Labute approximate surface area is 279 Å². The van der Waals surface area contributed by atoms with Crippen molar-refractivity contribution in [3.63, 3.8) is 0 Å². The van der Waals surface area contributed by atoms with Gasteiger partial charge in [0.15, 0.2) is 16.3 Å². The van der Waals surface area contributed by atoms with Crippen LogP contribution in [0.1, 0.15) is 36.6 Å². The molecule has 0 saturated carbocycles. The fraction of sp³-hybridized carbons (Fsp3) is 0.219. The Kier molecular flexibility index (Phi) is 10.3. The predicted octanol–water partition coefficient (Wildman–Crippen LogP) is 6.57. The lowest BCUT2D eigenvalue weighted by atomic mass is 9.97. The number of ether oxygens (including phenoxy) is 4. The van der Waals surface area contributed by atoms with Gasteiger partial charge >= 0.3 is 5.97 Å². The molecule has 0 aliphatic carbocycles. The van der Waals surface area contributed by atoms with E-state index in [1.165, 1.54) is 29.2 Å². The molecule has 44 heavy (non-hydrogen) atoms.